The molecule has 0 aliphatic rings. The van der Waals surface area contributed by atoms with Gasteiger partial charge >= 0.3 is 0 Å². The van der Waals surface area contributed by atoms with Crippen molar-refractivity contribution in [2.24, 2.45) is 0 Å². The highest BCUT2D eigenvalue weighted by atomic mass is 15.0. The van der Waals surface area contributed by atoms with Crippen LogP contribution in [0.2, 0.25) is 0 Å². The van der Waals surface area contributed by atoms with E-state index in [1.807, 2.05) is 127 Å². The third-order valence-corrected chi connectivity index (χ3v) is 11.0. The second-order valence-electron chi connectivity index (χ2n) is 15.1. The zero-order chi connectivity index (χ0) is 42.4. The summed E-state index contributed by atoms with van der Waals surface area (Å²) in [6.07, 6.45) is 8.73. The maximum absolute atomic E-state index is 4.99. The fraction of sp³-hybridized carbons (Fsp3) is 0.0175. The van der Waals surface area contributed by atoms with Gasteiger partial charge in [0.1, 0.15) is 5.82 Å². The molecule has 0 aliphatic carbocycles. The topological polar surface area (TPSA) is 77.3 Å². The van der Waals surface area contributed by atoms with Crippen LogP contribution in [0.15, 0.2) is 225 Å². The summed E-state index contributed by atoms with van der Waals surface area (Å²) in [4.78, 5) is 29.4. The van der Waals surface area contributed by atoms with Gasteiger partial charge in [-0.25, -0.2) is 29.9 Å². The highest BCUT2D eigenvalue weighted by molar-refractivity contribution is 6.14. The van der Waals surface area contributed by atoms with Crippen molar-refractivity contribution >= 4 is 27.1 Å². The van der Waals surface area contributed by atoms with Gasteiger partial charge in [-0.15, -0.1) is 0 Å². The monoisotopic (exact) mass is 808 g/mol. The average Bonchev–Trinajstić information content (AvgIpc) is 3.37. The molecule has 8 aromatic carbocycles. The van der Waals surface area contributed by atoms with Gasteiger partial charge in [0.05, 0.1) is 0 Å². The van der Waals surface area contributed by atoms with Gasteiger partial charge in [-0.3, -0.25) is 0 Å². The summed E-state index contributed by atoms with van der Waals surface area (Å²) < 4.78 is 0. The van der Waals surface area contributed by atoms with Crippen molar-refractivity contribution in [3.05, 3.63) is 236 Å². The second-order valence-corrected chi connectivity index (χ2v) is 15.1. The Morgan fingerprint density at radius 2 is 0.810 bits per heavy atom. The van der Waals surface area contributed by atoms with Crippen LogP contribution in [0.5, 0.6) is 0 Å². The number of benzene rings is 8. The molecule has 0 saturated carbocycles. The van der Waals surface area contributed by atoms with E-state index < -0.39 is 0 Å². The van der Waals surface area contributed by atoms with Crippen molar-refractivity contribution in [3.63, 3.8) is 0 Å². The second kappa shape index (κ2) is 17.6. The first-order chi connectivity index (χ1) is 31.2. The predicted octanol–water partition coefficient (Wildman–Crippen LogP) is 13.7. The Hall–Kier alpha value is -8.48. The van der Waals surface area contributed by atoms with Crippen LogP contribution in [0.1, 0.15) is 11.4 Å². The molecule has 0 amide bonds. The van der Waals surface area contributed by atoms with Crippen LogP contribution < -0.4 is 0 Å². The summed E-state index contributed by atoms with van der Waals surface area (Å²) in [6.45, 7) is 4.22. The number of allylic oxidation sites excluding steroid dienone is 5. The number of aromatic nitrogens is 6. The van der Waals surface area contributed by atoms with Gasteiger partial charge in [0.2, 0.25) is 0 Å². The Kier molecular flexibility index (Phi) is 10.8. The maximum atomic E-state index is 4.99. The third-order valence-electron chi connectivity index (χ3n) is 11.0. The van der Waals surface area contributed by atoms with E-state index in [9.17, 15) is 0 Å². The minimum Gasteiger partial charge on any atom is -0.213 e. The van der Waals surface area contributed by atoms with Crippen LogP contribution in [-0.4, -0.2) is 29.9 Å². The molecule has 0 bridgehead atoms. The van der Waals surface area contributed by atoms with E-state index in [2.05, 4.69) is 97.6 Å². The molecule has 2 aromatic heterocycles. The molecule has 0 fully saturated rings. The predicted molar refractivity (Wildman–Crippen MR) is 258 cm³/mol. The molecule has 63 heavy (non-hydrogen) atoms. The SMILES string of the molecule is C=C/C(=C\C=C/Cc1nc(-c2ccccc2)nc(-c2ccccc2)n1)c1cccc2c1ccc1c(-c3cccc(-c4nc(-c5ccccc5)nc(-c5ccccc5)n4)c3)cccc12. The highest BCUT2D eigenvalue weighted by Crippen LogP contribution is 2.37. The molecule has 0 atom stereocenters. The molecule has 2 heterocycles. The smallest absolute Gasteiger partial charge is 0.164 e. The average molecular weight is 809 g/mol. The molecule has 6 heteroatoms. The first-order valence-electron chi connectivity index (χ1n) is 21.0. The fourth-order valence-corrected chi connectivity index (χ4v) is 7.95. The van der Waals surface area contributed by atoms with E-state index in [1.165, 1.54) is 10.8 Å². The number of hydrogen-bond donors (Lipinski definition) is 0. The summed E-state index contributed by atoms with van der Waals surface area (Å²) in [5.41, 5.74) is 9.05. The molecule has 10 aromatic rings. The summed E-state index contributed by atoms with van der Waals surface area (Å²) in [5.74, 6) is 3.92. The van der Waals surface area contributed by atoms with E-state index in [1.54, 1.807) is 0 Å². The van der Waals surface area contributed by atoms with Crippen molar-refractivity contribution in [2.75, 3.05) is 0 Å². The lowest BCUT2D eigenvalue weighted by atomic mass is 9.91. The largest absolute Gasteiger partial charge is 0.213 e. The number of nitrogens with zero attached hydrogens (tertiary/aromatic N) is 6. The molecular weight excluding hydrogens is 769 g/mol. The summed E-state index contributed by atoms with van der Waals surface area (Å²) in [6, 6.07) is 66.2. The maximum Gasteiger partial charge on any atom is 0.164 e. The molecule has 6 nitrogen and oxygen atoms in total. The first-order valence-corrected chi connectivity index (χ1v) is 21.0. The van der Waals surface area contributed by atoms with Crippen molar-refractivity contribution in [1.29, 1.82) is 0 Å². The molecule has 0 aliphatic heterocycles. The van der Waals surface area contributed by atoms with Crippen LogP contribution in [0, 0.1) is 0 Å². The Morgan fingerprint density at radius 1 is 0.381 bits per heavy atom. The van der Waals surface area contributed by atoms with Crippen molar-refractivity contribution in [1.82, 2.24) is 29.9 Å². The summed E-state index contributed by atoms with van der Waals surface area (Å²) in [5, 5.41) is 4.66. The van der Waals surface area contributed by atoms with Crippen molar-refractivity contribution in [3.8, 4) is 68.1 Å². The minimum atomic E-state index is 0.545. The lowest BCUT2D eigenvalue weighted by Crippen LogP contribution is -2.02. The zero-order valence-corrected chi connectivity index (χ0v) is 34.4. The normalized spacial score (nSPS) is 11.7. The van der Waals surface area contributed by atoms with Gasteiger partial charge in [0.15, 0.2) is 29.1 Å². The van der Waals surface area contributed by atoms with Crippen LogP contribution >= 0.6 is 0 Å². The number of hydrogen-bond acceptors (Lipinski definition) is 6. The van der Waals surface area contributed by atoms with Crippen LogP contribution in [0.4, 0.5) is 0 Å². The van der Waals surface area contributed by atoms with Gasteiger partial charge in [-0.1, -0.05) is 219 Å². The van der Waals surface area contributed by atoms with E-state index in [0.717, 1.165) is 60.9 Å². The Balaban J connectivity index is 0.970. The standard InChI is InChI=1S/C57H40N6/c1-2-39(20-15-16-35-52-58-53(40-21-7-3-8-22-40)60-54(59-52)41-23-9-4-10-24-41)46-31-18-33-48-49-34-19-32-47(51(49)37-36-50(46)48)44-29-17-30-45(38-44)57-62-55(42-25-11-5-12-26-42)61-56(63-57)43-27-13-6-14-28-43/h2-34,36-38H,1,35H2/b16-15-,39-20+. The van der Waals surface area contributed by atoms with E-state index >= 15 is 0 Å². The molecule has 10 rings (SSSR count). The molecule has 0 spiro atoms. The molecule has 0 N–H and O–H groups in total. The van der Waals surface area contributed by atoms with Crippen LogP contribution in [0.3, 0.4) is 0 Å². The van der Waals surface area contributed by atoms with E-state index in [-0.39, 0.29) is 0 Å². The Labute approximate surface area is 366 Å². The van der Waals surface area contributed by atoms with Crippen molar-refractivity contribution < 1.29 is 0 Å². The molecule has 0 saturated heterocycles. The van der Waals surface area contributed by atoms with E-state index in [0.29, 0.717) is 41.4 Å². The highest BCUT2D eigenvalue weighted by Gasteiger charge is 2.15. The Bertz CT molecular complexity index is 3190. The van der Waals surface area contributed by atoms with Gasteiger partial charge in [0, 0.05) is 34.2 Å². The molecule has 0 radical (unpaired) electrons. The summed E-state index contributed by atoms with van der Waals surface area (Å²) in [7, 11) is 0. The van der Waals surface area contributed by atoms with Gasteiger partial charge in [-0.05, 0) is 49.9 Å². The van der Waals surface area contributed by atoms with Gasteiger partial charge in [0.25, 0.3) is 0 Å². The third kappa shape index (κ3) is 8.21. The van der Waals surface area contributed by atoms with Crippen molar-refractivity contribution in [2.45, 2.75) is 6.42 Å². The minimum absolute atomic E-state index is 0.545. The Morgan fingerprint density at radius 3 is 1.35 bits per heavy atom. The van der Waals surface area contributed by atoms with Gasteiger partial charge in [-0.2, -0.15) is 0 Å². The van der Waals surface area contributed by atoms with Crippen LogP contribution in [0.25, 0.3) is 95.2 Å². The van der Waals surface area contributed by atoms with E-state index in [4.69, 9.17) is 29.9 Å². The quantitative estimate of drug-likeness (QED) is 0.0957. The zero-order valence-electron chi connectivity index (χ0n) is 34.4. The number of rotatable bonds is 11. The lowest BCUT2D eigenvalue weighted by molar-refractivity contribution is 0.947. The first kappa shape index (κ1) is 38.7. The van der Waals surface area contributed by atoms with Crippen LogP contribution in [-0.2, 0) is 6.42 Å². The molecule has 0 unspecified atom stereocenters. The molecular formula is C57H40N6. The lowest BCUT2D eigenvalue weighted by Gasteiger charge is -2.14. The summed E-state index contributed by atoms with van der Waals surface area (Å²) >= 11 is 0. The fourth-order valence-electron chi connectivity index (χ4n) is 7.95. The number of fused-ring (bicyclic) bond motifs is 3. The van der Waals surface area contributed by atoms with Gasteiger partial charge < -0.3 is 0 Å². The molecule has 298 valence electrons.